The van der Waals surface area contributed by atoms with Crippen molar-refractivity contribution in [3.8, 4) is 0 Å². The molecule has 3 heterocycles. The zero-order valence-electron chi connectivity index (χ0n) is 51.0. The maximum atomic E-state index is 15.6. The van der Waals surface area contributed by atoms with E-state index in [1.807, 2.05) is 33.1 Å². The smallest absolute Gasteiger partial charge is 0.264 e. The van der Waals surface area contributed by atoms with Crippen molar-refractivity contribution < 1.29 is 48.6 Å². The normalized spacial score (nSPS) is 27.5. The van der Waals surface area contributed by atoms with E-state index in [0.29, 0.717) is 38.0 Å². The van der Waals surface area contributed by atoms with E-state index in [1.54, 1.807) is 11.3 Å². The summed E-state index contributed by atoms with van der Waals surface area (Å²) >= 11 is 1.60. The molecule has 1 aromatic heterocycles. The molecule has 0 N–H and O–H groups in total. The van der Waals surface area contributed by atoms with Crippen LogP contribution in [0.15, 0.2) is 11.0 Å². The minimum atomic E-state index is -3.90. The molecule has 0 radical (unpaired) electrons. The molecule has 2 saturated carbocycles. The first-order chi connectivity index (χ1) is 33.6. The molecular formula is C56H102N2O11S3Si3. The standard InChI is InChI=1S/C56H102N2O11S3Si3/c1-37(26-25-28-56(35-65-71(18,61)62)46(66-56)32-43(67-73(19,20)50(5,6)7)38(2)30-42-34-70-40(4)57-42)48(69-75(23,24)52(11,12)13)39(3)49(60)53(14,15)45(68-74(21,22)51(8,9)10)33-47(59)58-44-31-41-27-29-55(44,54(41,16)17)36-72(58,63)64/h30,34,37,39,41,43-46,48H,25-29,31-33,35-36H2,1-24H3/b38-30+/t37-,39+,41?,43-,44?,45-,46-,48-,55+,56-/m0/s1. The molecule has 1 aromatic rings. The molecule has 2 saturated heterocycles. The van der Waals surface area contributed by atoms with Crippen LogP contribution in [0.3, 0.4) is 0 Å². The number of hydrogen-bond donors (Lipinski definition) is 0. The maximum Gasteiger partial charge on any atom is 0.264 e. The second-order valence-corrected chi connectivity index (χ2v) is 48.2. The number of aromatic nitrogens is 1. The van der Waals surface area contributed by atoms with Crippen LogP contribution in [0.5, 0.6) is 0 Å². The fourth-order valence-corrected chi connectivity index (χ4v) is 19.6. The Morgan fingerprint density at radius 3 is 1.97 bits per heavy atom. The summed E-state index contributed by atoms with van der Waals surface area (Å²) in [6, 6.07) is -0.386. The molecule has 19 heteroatoms. The molecular weight excluding hydrogens is 1060 g/mol. The number of hydrogen-bond acceptors (Lipinski definition) is 13. The number of aryl methyl sites for hydroxylation is 1. The lowest BCUT2D eigenvalue weighted by atomic mass is 9.69. The van der Waals surface area contributed by atoms with Gasteiger partial charge in [0.1, 0.15) is 11.4 Å². The van der Waals surface area contributed by atoms with Crippen molar-refractivity contribution in [2.45, 2.75) is 260 Å². The van der Waals surface area contributed by atoms with Crippen molar-refractivity contribution in [1.29, 1.82) is 0 Å². The van der Waals surface area contributed by atoms with Gasteiger partial charge in [0.15, 0.2) is 25.0 Å². The van der Waals surface area contributed by atoms with Crippen LogP contribution in [0.1, 0.15) is 173 Å². The van der Waals surface area contributed by atoms with Gasteiger partial charge >= 0.3 is 0 Å². The predicted molar refractivity (Wildman–Crippen MR) is 313 cm³/mol. The van der Waals surface area contributed by atoms with E-state index in [0.717, 1.165) is 35.4 Å². The van der Waals surface area contributed by atoms with Gasteiger partial charge in [-0.05, 0) is 129 Å². The highest BCUT2D eigenvalue weighted by Crippen LogP contribution is 2.70. The molecule has 1 spiro atoms. The number of ketones is 1. The molecule has 5 rings (SSSR count). The summed E-state index contributed by atoms with van der Waals surface area (Å²) in [5, 5.41) is 2.53. The number of nitrogens with zero attached hydrogens (tertiary/aromatic N) is 2. The summed E-state index contributed by atoms with van der Waals surface area (Å²) < 4.78 is 88.5. The zero-order chi connectivity index (χ0) is 57.5. The van der Waals surface area contributed by atoms with Crippen molar-refractivity contribution in [2.24, 2.45) is 34.0 Å². The Bertz CT molecular complexity index is 2500. The van der Waals surface area contributed by atoms with Gasteiger partial charge in [0.25, 0.3) is 10.1 Å². The Balaban J connectivity index is 1.44. The first kappa shape index (κ1) is 64.7. The Labute approximate surface area is 463 Å². The van der Waals surface area contributed by atoms with Crippen LogP contribution in [-0.2, 0) is 51.9 Å². The van der Waals surface area contributed by atoms with Crippen LogP contribution in [-0.4, -0.2) is 117 Å². The van der Waals surface area contributed by atoms with Crippen molar-refractivity contribution in [3.05, 3.63) is 21.7 Å². The average Bonchev–Trinajstić information content (AvgIpc) is 3.36. The third-order valence-corrected chi connectivity index (χ3v) is 37.0. The van der Waals surface area contributed by atoms with E-state index in [9.17, 15) is 21.6 Å². The van der Waals surface area contributed by atoms with Gasteiger partial charge in [-0.3, -0.25) is 13.8 Å². The third-order valence-electron chi connectivity index (χ3n) is 20.3. The van der Waals surface area contributed by atoms with E-state index < -0.39 is 85.6 Å². The third kappa shape index (κ3) is 13.6. The lowest BCUT2D eigenvalue weighted by Gasteiger charge is -2.46. The Morgan fingerprint density at radius 2 is 1.47 bits per heavy atom. The van der Waals surface area contributed by atoms with E-state index >= 15 is 4.79 Å². The molecule has 10 atom stereocenters. The lowest BCUT2D eigenvalue weighted by Crippen LogP contribution is -2.55. The molecule has 4 aliphatic rings. The van der Waals surface area contributed by atoms with Crippen LogP contribution >= 0.6 is 11.3 Å². The molecule has 432 valence electrons. The van der Waals surface area contributed by atoms with Gasteiger partial charge in [-0.25, -0.2) is 17.7 Å². The Hall–Kier alpha value is -1.14. The van der Waals surface area contributed by atoms with Gasteiger partial charge in [0.05, 0.1) is 66.2 Å². The van der Waals surface area contributed by atoms with Gasteiger partial charge in [-0.15, -0.1) is 11.3 Å². The minimum Gasteiger partial charge on any atom is -0.413 e. The number of fused-ring (bicyclic) bond motifs is 1. The molecule has 0 aromatic carbocycles. The summed E-state index contributed by atoms with van der Waals surface area (Å²) in [5.41, 5.74) is -0.853. The molecule has 75 heavy (non-hydrogen) atoms. The number of epoxide rings is 1. The molecule has 2 aliphatic heterocycles. The monoisotopic (exact) mass is 1160 g/mol. The van der Waals surface area contributed by atoms with E-state index in [2.05, 4.69) is 135 Å². The summed E-state index contributed by atoms with van der Waals surface area (Å²) in [6.07, 6.45) is 5.65. The van der Waals surface area contributed by atoms with Gasteiger partial charge < -0.3 is 18.0 Å². The van der Waals surface area contributed by atoms with Crippen LogP contribution in [0.2, 0.25) is 54.4 Å². The van der Waals surface area contributed by atoms with Gasteiger partial charge in [-0.1, -0.05) is 110 Å². The van der Waals surface area contributed by atoms with Crippen molar-refractivity contribution in [3.63, 3.8) is 0 Å². The highest BCUT2D eigenvalue weighted by molar-refractivity contribution is 7.90. The van der Waals surface area contributed by atoms with Crippen molar-refractivity contribution >= 4 is 74.2 Å². The second-order valence-electron chi connectivity index (χ2n) is 29.4. The number of thiazole rings is 1. The molecule has 1 amide bonds. The Morgan fingerprint density at radius 1 is 0.920 bits per heavy atom. The van der Waals surface area contributed by atoms with Gasteiger partial charge in [0.2, 0.25) is 15.9 Å². The largest absolute Gasteiger partial charge is 0.413 e. The summed E-state index contributed by atoms with van der Waals surface area (Å²) in [5.74, 6) is -1.00. The van der Waals surface area contributed by atoms with Crippen LogP contribution in [0, 0.1) is 40.9 Å². The van der Waals surface area contributed by atoms with Gasteiger partial charge in [0, 0.05) is 28.5 Å². The fourth-order valence-electron chi connectivity index (χ4n) is 11.8. The SMILES string of the molecule is C/C(=C\c1csc(C)n1)[C@H](C[C@@H]1O[C@@]1(CCC[C@H](C)[C@H](O[Si](C)(C)C(C)(C)C)[C@@H](C)C(=O)C(C)(C)[C@H](CC(=O)N1C2CC3CC[C@]2(CS1(=O)=O)C3(C)C)O[Si](C)(C)C(C)(C)C)COS(C)(=O)=O)O[Si](C)(C)C(C)(C)C. The Kier molecular flexibility index (Phi) is 18.7. The quantitative estimate of drug-likeness (QED) is 0.0546. The molecule has 13 nitrogen and oxygen atoms in total. The number of sulfonamides is 1. The molecule has 2 unspecified atom stereocenters. The number of carbonyl (C=O) groups is 2. The zero-order valence-corrected chi connectivity index (χ0v) is 56.4. The van der Waals surface area contributed by atoms with E-state index in [4.69, 9.17) is 27.2 Å². The highest BCUT2D eigenvalue weighted by Gasteiger charge is 2.72. The van der Waals surface area contributed by atoms with E-state index in [-0.39, 0.29) is 69.3 Å². The summed E-state index contributed by atoms with van der Waals surface area (Å²) in [4.78, 5) is 35.2. The molecule has 2 bridgehead atoms. The number of Topliss-reactive ketones (excluding diaryl/α,β-unsaturated/α-hetero) is 1. The minimum absolute atomic E-state index is 0.0211. The number of ether oxygens (including phenoxy) is 1. The molecule has 2 aliphatic carbocycles. The highest BCUT2D eigenvalue weighted by atomic mass is 32.2. The first-order valence-corrected chi connectivity index (χ1v) is 40.9. The number of rotatable bonds is 24. The van der Waals surface area contributed by atoms with Crippen LogP contribution in [0.25, 0.3) is 6.08 Å². The van der Waals surface area contributed by atoms with Gasteiger partial charge in [-0.2, -0.15) is 8.42 Å². The predicted octanol–water partition coefficient (Wildman–Crippen LogP) is 13.3. The first-order valence-electron chi connectivity index (χ1n) is 27.8. The van der Waals surface area contributed by atoms with Crippen molar-refractivity contribution in [1.82, 2.24) is 9.29 Å². The summed E-state index contributed by atoms with van der Waals surface area (Å²) in [6.45, 7) is 48.8. The average molecular weight is 1160 g/mol. The molecule has 4 fully saturated rings. The second kappa shape index (κ2) is 21.6. The fraction of sp³-hybridized carbons (Fsp3) is 0.875. The maximum absolute atomic E-state index is 15.6. The number of carbonyl (C=O) groups excluding carboxylic acids is 2. The van der Waals surface area contributed by atoms with Crippen molar-refractivity contribution in [2.75, 3.05) is 18.6 Å². The van der Waals surface area contributed by atoms with Crippen LogP contribution in [0.4, 0.5) is 0 Å². The van der Waals surface area contributed by atoms with E-state index in [1.165, 1.54) is 4.31 Å². The number of amides is 1. The lowest BCUT2D eigenvalue weighted by molar-refractivity contribution is -0.143. The topological polar surface area (TPSA) is 168 Å². The van der Waals surface area contributed by atoms with Crippen LogP contribution < -0.4 is 0 Å². The summed E-state index contributed by atoms with van der Waals surface area (Å²) in [7, 11) is -15.1.